The number of halogens is 1. The molecule has 1 aliphatic heterocycles. The van der Waals surface area contributed by atoms with Gasteiger partial charge in [-0.1, -0.05) is 6.92 Å². The van der Waals surface area contributed by atoms with Crippen molar-refractivity contribution in [3.05, 3.63) is 24.0 Å². The van der Waals surface area contributed by atoms with Crippen LogP contribution in [0.5, 0.6) is 0 Å². The van der Waals surface area contributed by atoms with E-state index < -0.39 is 16.0 Å². The van der Waals surface area contributed by atoms with Gasteiger partial charge in [-0.25, -0.2) is 4.39 Å². The van der Waals surface area contributed by atoms with Crippen LogP contribution in [0.1, 0.15) is 19.8 Å². The molecule has 3 N–H and O–H groups in total. The Bertz CT molecular complexity index is 562. The molecule has 5 nitrogen and oxygen atoms in total. The molecule has 0 spiro atoms. The molecular weight excluding hydrogens is 269 g/mol. The summed E-state index contributed by atoms with van der Waals surface area (Å²) in [6, 6.07) is 3.78. The first-order valence-corrected chi connectivity index (χ1v) is 7.65. The largest absolute Gasteiger partial charge is 0.396 e. The van der Waals surface area contributed by atoms with Crippen LogP contribution in [0, 0.1) is 11.7 Å². The van der Waals surface area contributed by atoms with Gasteiger partial charge in [-0.2, -0.15) is 12.7 Å². The summed E-state index contributed by atoms with van der Waals surface area (Å²) in [7, 11) is -3.59. The van der Waals surface area contributed by atoms with Gasteiger partial charge in [-0.3, -0.25) is 4.72 Å². The Morgan fingerprint density at radius 3 is 2.84 bits per heavy atom. The first-order chi connectivity index (χ1) is 8.88. The van der Waals surface area contributed by atoms with E-state index in [0.717, 1.165) is 18.9 Å². The summed E-state index contributed by atoms with van der Waals surface area (Å²) in [5.41, 5.74) is 5.62. The molecule has 0 aliphatic carbocycles. The Hall–Kier alpha value is -1.34. The number of piperidine rings is 1. The van der Waals surface area contributed by atoms with Crippen LogP contribution in [0.4, 0.5) is 15.8 Å². The number of nitrogen functional groups attached to an aromatic ring is 1. The fourth-order valence-electron chi connectivity index (χ4n) is 2.19. The number of nitrogens with one attached hydrogen (secondary N) is 1. The van der Waals surface area contributed by atoms with Crippen molar-refractivity contribution in [3.63, 3.8) is 0 Å². The Labute approximate surface area is 112 Å². The zero-order valence-corrected chi connectivity index (χ0v) is 11.6. The molecule has 7 heteroatoms. The smallest absolute Gasteiger partial charge is 0.301 e. The normalized spacial score (nSPS) is 21.3. The van der Waals surface area contributed by atoms with Crippen molar-refractivity contribution in [1.82, 2.24) is 4.31 Å². The topological polar surface area (TPSA) is 75.4 Å². The highest BCUT2D eigenvalue weighted by molar-refractivity contribution is 7.90. The van der Waals surface area contributed by atoms with Crippen molar-refractivity contribution in [2.45, 2.75) is 19.8 Å². The third kappa shape index (κ3) is 3.36. The number of hydrogen-bond donors (Lipinski definition) is 2. The maximum absolute atomic E-state index is 13.0. The van der Waals surface area contributed by atoms with E-state index in [0.29, 0.717) is 19.0 Å². The maximum Gasteiger partial charge on any atom is 0.301 e. The Kier molecular flexibility index (Phi) is 3.96. The first-order valence-electron chi connectivity index (χ1n) is 6.21. The van der Waals surface area contributed by atoms with Gasteiger partial charge in [0.1, 0.15) is 5.82 Å². The molecule has 1 aliphatic rings. The molecule has 0 aromatic heterocycles. The molecule has 1 unspecified atom stereocenters. The lowest BCUT2D eigenvalue weighted by molar-refractivity contribution is 0.282. The van der Waals surface area contributed by atoms with Gasteiger partial charge in [-0.15, -0.1) is 0 Å². The van der Waals surface area contributed by atoms with Crippen LogP contribution in [0.25, 0.3) is 0 Å². The van der Waals surface area contributed by atoms with E-state index in [1.54, 1.807) is 0 Å². The van der Waals surface area contributed by atoms with E-state index in [-0.39, 0.29) is 11.4 Å². The van der Waals surface area contributed by atoms with Crippen LogP contribution in [0.2, 0.25) is 0 Å². The predicted octanol–water partition coefficient (Wildman–Crippen LogP) is 1.80. The number of nitrogens with zero attached hydrogens (tertiary/aromatic N) is 1. The van der Waals surface area contributed by atoms with Gasteiger partial charge in [0.25, 0.3) is 0 Å². The molecule has 1 aromatic carbocycles. The lowest BCUT2D eigenvalue weighted by atomic mass is 10.0. The highest BCUT2D eigenvalue weighted by atomic mass is 32.2. The molecule has 0 bridgehead atoms. The second-order valence-electron chi connectivity index (χ2n) is 4.95. The van der Waals surface area contributed by atoms with Crippen molar-refractivity contribution in [2.24, 2.45) is 5.92 Å². The van der Waals surface area contributed by atoms with Crippen molar-refractivity contribution in [2.75, 3.05) is 23.5 Å². The average molecular weight is 287 g/mol. The standard InChI is InChI=1S/C12H18FN3O2S/c1-9-3-2-6-16(8-9)19(17,18)15-10-4-5-11(13)12(14)7-10/h4-5,7,9,15H,2-3,6,8,14H2,1H3. The molecule has 0 amide bonds. The zero-order valence-electron chi connectivity index (χ0n) is 10.8. The quantitative estimate of drug-likeness (QED) is 0.832. The minimum atomic E-state index is -3.59. The summed E-state index contributed by atoms with van der Waals surface area (Å²) >= 11 is 0. The molecule has 1 aromatic rings. The number of rotatable bonds is 3. The first kappa shape index (κ1) is 14.1. The van der Waals surface area contributed by atoms with E-state index in [9.17, 15) is 12.8 Å². The summed E-state index contributed by atoms with van der Waals surface area (Å²) in [5.74, 6) is -0.210. The second kappa shape index (κ2) is 5.34. The summed E-state index contributed by atoms with van der Waals surface area (Å²) in [6.45, 7) is 3.04. The van der Waals surface area contributed by atoms with E-state index in [1.165, 1.54) is 16.4 Å². The fourth-order valence-corrected chi connectivity index (χ4v) is 3.56. The summed E-state index contributed by atoms with van der Waals surface area (Å²) in [6.07, 6.45) is 1.89. The molecule has 19 heavy (non-hydrogen) atoms. The van der Waals surface area contributed by atoms with Gasteiger partial charge < -0.3 is 5.73 Å². The van der Waals surface area contributed by atoms with Crippen LogP contribution >= 0.6 is 0 Å². The Morgan fingerprint density at radius 2 is 2.21 bits per heavy atom. The average Bonchev–Trinajstić information content (AvgIpc) is 2.33. The third-order valence-electron chi connectivity index (χ3n) is 3.20. The van der Waals surface area contributed by atoms with Gasteiger partial charge in [0.05, 0.1) is 11.4 Å². The van der Waals surface area contributed by atoms with Crippen molar-refractivity contribution in [3.8, 4) is 0 Å². The molecule has 1 fully saturated rings. The zero-order chi connectivity index (χ0) is 14.0. The second-order valence-corrected chi connectivity index (χ2v) is 6.62. The monoisotopic (exact) mass is 287 g/mol. The number of nitrogens with two attached hydrogens (primary N) is 1. The minimum absolute atomic E-state index is 0.0767. The molecule has 0 saturated carbocycles. The van der Waals surface area contributed by atoms with Crippen LogP contribution < -0.4 is 10.5 Å². The van der Waals surface area contributed by atoms with E-state index >= 15 is 0 Å². The maximum atomic E-state index is 13.0. The summed E-state index contributed by atoms with van der Waals surface area (Å²) < 4.78 is 41.2. The van der Waals surface area contributed by atoms with Crippen LogP contribution in [0.3, 0.4) is 0 Å². The Morgan fingerprint density at radius 1 is 1.47 bits per heavy atom. The van der Waals surface area contributed by atoms with Crippen LogP contribution in [-0.4, -0.2) is 25.8 Å². The summed E-state index contributed by atoms with van der Waals surface area (Å²) in [5, 5.41) is 0. The SMILES string of the molecule is CC1CCCN(S(=O)(=O)Nc2ccc(F)c(N)c2)C1. The van der Waals surface area contributed by atoms with Crippen molar-refractivity contribution >= 4 is 21.6 Å². The van der Waals surface area contributed by atoms with Crippen molar-refractivity contribution in [1.29, 1.82) is 0 Å². The number of hydrogen-bond acceptors (Lipinski definition) is 3. The van der Waals surface area contributed by atoms with Gasteiger partial charge in [0, 0.05) is 13.1 Å². The molecule has 1 heterocycles. The van der Waals surface area contributed by atoms with Gasteiger partial charge >= 0.3 is 10.2 Å². The molecule has 1 saturated heterocycles. The summed E-state index contributed by atoms with van der Waals surface area (Å²) in [4.78, 5) is 0. The molecule has 2 rings (SSSR count). The highest BCUT2D eigenvalue weighted by Gasteiger charge is 2.27. The van der Waals surface area contributed by atoms with Crippen LogP contribution in [-0.2, 0) is 10.2 Å². The predicted molar refractivity (Wildman–Crippen MR) is 73.3 cm³/mol. The number of benzene rings is 1. The third-order valence-corrected chi connectivity index (χ3v) is 4.71. The highest BCUT2D eigenvalue weighted by Crippen LogP contribution is 2.22. The van der Waals surface area contributed by atoms with Gasteiger partial charge in [0.2, 0.25) is 0 Å². The number of anilines is 2. The molecular formula is C12H18FN3O2S. The minimum Gasteiger partial charge on any atom is -0.396 e. The van der Waals surface area contributed by atoms with E-state index in [2.05, 4.69) is 4.72 Å². The molecule has 0 radical (unpaired) electrons. The fraction of sp³-hybridized carbons (Fsp3) is 0.500. The van der Waals surface area contributed by atoms with E-state index in [4.69, 9.17) is 5.73 Å². The molecule has 1 atom stereocenters. The van der Waals surface area contributed by atoms with Crippen LogP contribution in [0.15, 0.2) is 18.2 Å². The Balaban J connectivity index is 2.14. The van der Waals surface area contributed by atoms with E-state index in [1.807, 2.05) is 6.92 Å². The van der Waals surface area contributed by atoms with Gasteiger partial charge in [-0.05, 0) is 37.0 Å². The molecule has 106 valence electrons. The lowest BCUT2D eigenvalue weighted by Gasteiger charge is -2.30. The van der Waals surface area contributed by atoms with Crippen molar-refractivity contribution < 1.29 is 12.8 Å². The lowest BCUT2D eigenvalue weighted by Crippen LogP contribution is -2.42. The van der Waals surface area contributed by atoms with Gasteiger partial charge in [0.15, 0.2) is 0 Å².